The van der Waals surface area contributed by atoms with Gasteiger partial charge < -0.3 is 39.3 Å². The number of nitrogens with two attached hydrogens (primary N) is 1. The summed E-state index contributed by atoms with van der Waals surface area (Å²) in [5, 5.41) is 9.36. The summed E-state index contributed by atoms with van der Waals surface area (Å²) in [4.78, 5) is 0. The van der Waals surface area contributed by atoms with E-state index in [1.54, 1.807) is 0 Å². The Morgan fingerprint density at radius 3 is 2.08 bits per heavy atom. The number of aliphatic hydroxyl groups excluding tert-OH is 1. The summed E-state index contributed by atoms with van der Waals surface area (Å²) in [6, 6.07) is 7.79. The number of hydrogen-bond acceptors (Lipinski definition) is 8. The molecule has 2 unspecified atom stereocenters. The van der Waals surface area contributed by atoms with Gasteiger partial charge in [-0.25, -0.2) is 0 Å². The monoisotopic (exact) mass is 511 g/mol. The van der Waals surface area contributed by atoms with Gasteiger partial charge in [-0.2, -0.15) is 0 Å². The second-order valence-electron chi connectivity index (χ2n) is 12.8. The molecule has 2 atom stereocenters. The first-order valence-corrected chi connectivity index (χ1v) is 12.8. The van der Waals surface area contributed by atoms with Gasteiger partial charge >= 0.3 is 0 Å². The summed E-state index contributed by atoms with van der Waals surface area (Å²) < 4.78 is 35.5. The minimum absolute atomic E-state index is 0.0802. The second kappa shape index (κ2) is 13.0. The SMILES string of the molecule is CC(C)(N)COCC(C)(C)COc1ccc(C2OCC(COC(C)(C)COCC(C)(C)CO)O2)cc1. The highest BCUT2D eigenvalue weighted by molar-refractivity contribution is 5.28. The minimum Gasteiger partial charge on any atom is -0.493 e. The van der Waals surface area contributed by atoms with E-state index in [1.807, 2.05) is 65.8 Å². The Labute approximate surface area is 217 Å². The quantitative estimate of drug-likeness (QED) is 0.342. The lowest BCUT2D eigenvalue weighted by atomic mass is 9.96. The van der Waals surface area contributed by atoms with Crippen molar-refractivity contribution in [1.82, 2.24) is 0 Å². The van der Waals surface area contributed by atoms with Crippen LogP contribution in [0.3, 0.4) is 0 Å². The van der Waals surface area contributed by atoms with E-state index in [-0.39, 0.29) is 29.1 Å². The molecule has 2 rings (SSSR count). The average Bonchev–Trinajstić information content (AvgIpc) is 3.25. The van der Waals surface area contributed by atoms with E-state index in [4.69, 9.17) is 34.2 Å². The number of ether oxygens (including phenoxy) is 6. The van der Waals surface area contributed by atoms with Crippen molar-refractivity contribution in [2.45, 2.75) is 78.9 Å². The fraction of sp³-hybridized carbons (Fsp3) is 0.786. The van der Waals surface area contributed by atoms with Gasteiger partial charge in [0.1, 0.15) is 11.9 Å². The van der Waals surface area contributed by atoms with E-state index in [0.29, 0.717) is 46.2 Å². The highest BCUT2D eigenvalue weighted by atomic mass is 16.7. The van der Waals surface area contributed by atoms with E-state index >= 15 is 0 Å². The first-order valence-electron chi connectivity index (χ1n) is 12.8. The summed E-state index contributed by atoms with van der Waals surface area (Å²) in [5.41, 5.74) is 5.71. The van der Waals surface area contributed by atoms with Crippen molar-refractivity contribution in [2.24, 2.45) is 16.6 Å². The van der Waals surface area contributed by atoms with Crippen LogP contribution < -0.4 is 10.5 Å². The van der Waals surface area contributed by atoms with Crippen LogP contribution in [0.2, 0.25) is 0 Å². The maximum absolute atomic E-state index is 9.36. The van der Waals surface area contributed by atoms with Gasteiger partial charge in [-0.3, -0.25) is 0 Å². The molecule has 1 fully saturated rings. The first kappa shape index (κ1) is 31.0. The molecule has 208 valence electrons. The molecule has 0 amide bonds. The molecule has 0 aliphatic carbocycles. The van der Waals surface area contributed by atoms with E-state index in [2.05, 4.69) is 13.8 Å². The van der Waals surface area contributed by atoms with Crippen LogP contribution in [0.4, 0.5) is 0 Å². The zero-order valence-corrected chi connectivity index (χ0v) is 23.6. The van der Waals surface area contributed by atoms with Crippen molar-refractivity contribution < 1.29 is 33.5 Å². The fourth-order valence-electron chi connectivity index (χ4n) is 3.32. The van der Waals surface area contributed by atoms with Crippen LogP contribution in [0.1, 0.15) is 67.2 Å². The van der Waals surface area contributed by atoms with Crippen LogP contribution in [-0.2, 0) is 23.7 Å². The predicted octanol–water partition coefficient (Wildman–Crippen LogP) is 4.09. The van der Waals surface area contributed by atoms with Gasteiger partial charge in [-0.15, -0.1) is 0 Å². The predicted molar refractivity (Wildman–Crippen MR) is 140 cm³/mol. The lowest BCUT2D eigenvalue weighted by molar-refractivity contribution is -0.123. The van der Waals surface area contributed by atoms with Crippen LogP contribution in [0.5, 0.6) is 5.75 Å². The molecule has 1 aromatic carbocycles. The third kappa shape index (κ3) is 11.9. The largest absolute Gasteiger partial charge is 0.493 e. The number of hydrogen-bond donors (Lipinski definition) is 2. The molecule has 1 heterocycles. The molecule has 0 aromatic heterocycles. The smallest absolute Gasteiger partial charge is 0.184 e. The van der Waals surface area contributed by atoms with Crippen LogP contribution in [-0.4, -0.2) is 75.2 Å². The molecule has 36 heavy (non-hydrogen) atoms. The maximum Gasteiger partial charge on any atom is 0.184 e. The Kier molecular flexibility index (Phi) is 11.2. The summed E-state index contributed by atoms with van der Waals surface area (Å²) in [6.45, 7) is 19.5. The third-order valence-electron chi connectivity index (χ3n) is 5.53. The molecule has 0 spiro atoms. The molecular weight excluding hydrogens is 462 g/mol. The maximum atomic E-state index is 9.36. The number of rotatable bonds is 16. The Morgan fingerprint density at radius 1 is 0.861 bits per heavy atom. The van der Waals surface area contributed by atoms with E-state index in [9.17, 15) is 5.11 Å². The van der Waals surface area contributed by atoms with Crippen molar-refractivity contribution in [3.8, 4) is 5.75 Å². The van der Waals surface area contributed by atoms with Crippen molar-refractivity contribution in [3.63, 3.8) is 0 Å². The van der Waals surface area contributed by atoms with Gasteiger partial charge in [0.05, 0.1) is 58.5 Å². The molecule has 1 aromatic rings. The van der Waals surface area contributed by atoms with Crippen molar-refractivity contribution >= 4 is 0 Å². The molecule has 1 aliphatic rings. The van der Waals surface area contributed by atoms with Crippen molar-refractivity contribution in [3.05, 3.63) is 29.8 Å². The fourth-order valence-corrected chi connectivity index (χ4v) is 3.32. The van der Waals surface area contributed by atoms with E-state index in [0.717, 1.165) is 11.3 Å². The summed E-state index contributed by atoms with van der Waals surface area (Å²) in [7, 11) is 0. The molecule has 8 nitrogen and oxygen atoms in total. The van der Waals surface area contributed by atoms with Gasteiger partial charge in [0, 0.05) is 21.9 Å². The lowest BCUT2D eigenvalue weighted by Gasteiger charge is -2.29. The van der Waals surface area contributed by atoms with Crippen LogP contribution in [0.15, 0.2) is 24.3 Å². The van der Waals surface area contributed by atoms with Crippen molar-refractivity contribution in [1.29, 1.82) is 0 Å². The molecule has 1 aliphatic heterocycles. The minimum atomic E-state index is -0.467. The normalized spacial score (nSPS) is 19.6. The van der Waals surface area contributed by atoms with Gasteiger partial charge in [0.15, 0.2) is 6.29 Å². The Bertz CT molecular complexity index is 771. The van der Waals surface area contributed by atoms with Gasteiger partial charge in [-0.1, -0.05) is 39.8 Å². The number of aliphatic hydroxyl groups is 1. The van der Waals surface area contributed by atoms with E-state index in [1.165, 1.54) is 0 Å². The zero-order chi connectivity index (χ0) is 27.0. The highest BCUT2D eigenvalue weighted by Gasteiger charge is 2.30. The zero-order valence-electron chi connectivity index (χ0n) is 23.6. The third-order valence-corrected chi connectivity index (χ3v) is 5.53. The summed E-state index contributed by atoms with van der Waals surface area (Å²) >= 11 is 0. The summed E-state index contributed by atoms with van der Waals surface area (Å²) in [6.07, 6.45) is -0.583. The highest BCUT2D eigenvalue weighted by Crippen LogP contribution is 2.29. The first-order chi connectivity index (χ1) is 16.6. The standard InChI is InChI=1S/C28H49NO7/c1-25(2,15-30)16-32-20-28(7,8)35-14-23-13-33-24(36-23)21-9-11-22(12-10-21)34-18-26(3,4)17-31-19-27(5,6)29/h9-12,23-24,30H,13-20,29H2,1-8H3. The average molecular weight is 512 g/mol. The molecule has 0 saturated carbocycles. The molecule has 3 N–H and O–H groups in total. The van der Waals surface area contributed by atoms with Crippen LogP contribution in [0, 0.1) is 10.8 Å². The number of benzene rings is 1. The molecule has 0 bridgehead atoms. The summed E-state index contributed by atoms with van der Waals surface area (Å²) in [5.74, 6) is 0.787. The Balaban J connectivity index is 1.73. The molecule has 0 radical (unpaired) electrons. The Morgan fingerprint density at radius 2 is 1.47 bits per heavy atom. The Hall–Kier alpha value is -1.26. The van der Waals surface area contributed by atoms with Gasteiger partial charge in [0.2, 0.25) is 0 Å². The second-order valence-corrected chi connectivity index (χ2v) is 12.8. The topological polar surface area (TPSA) is 102 Å². The van der Waals surface area contributed by atoms with E-state index < -0.39 is 11.9 Å². The van der Waals surface area contributed by atoms with Crippen LogP contribution >= 0.6 is 0 Å². The van der Waals surface area contributed by atoms with Crippen LogP contribution in [0.25, 0.3) is 0 Å². The van der Waals surface area contributed by atoms with Crippen molar-refractivity contribution in [2.75, 3.05) is 52.9 Å². The molecule has 8 heteroatoms. The molecule has 1 saturated heterocycles. The van der Waals surface area contributed by atoms with Gasteiger partial charge in [0.25, 0.3) is 0 Å². The van der Waals surface area contributed by atoms with Gasteiger partial charge in [-0.05, 0) is 39.8 Å². The lowest BCUT2D eigenvalue weighted by Crippen LogP contribution is -2.39. The molecular formula is C28H49NO7.